The van der Waals surface area contributed by atoms with E-state index in [0.29, 0.717) is 17.5 Å². The van der Waals surface area contributed by atoms with E-state index in [-0.39, 0.29) is 0 Å². The van der Waals surface area contributed by atoms with Crippen molar-refractivity contribution in [1.29, 1.82) is 0 Å². The maximum absolute atomic E-state index is 6.86. The second kappa shape index (κ2) is 12.6. The van der Waals surface area contributed by atoms with Gasteiger partial charge in [-0.1, -0.05) is 133 Å². The maximum Gasteiger partial charge on any atom is 0.164 e. The average molecular weight is 747 g/mol. The van der Waals surface area contributed by atoms with Crippen molar-refractivity contribution in [3.8, 4) is 51.0 Å². The number of nitrogens with zero attached hydrogens (tertiary/aromatic N) is 4. The van der Waals surface area contributed by atoms with Crippen molar-refractivity contribution < 1.29 is 4.42 Å². The molecule has 6 heteroatoms. The van der Waals surface area contributed by atoms with Crippen LogP contribution in [0, 0.1) is 0 Å². The summed E-state index contributed by atoms with van der Waals surface area (Å²) >= 11 is 1.84. The standard InChI is InChI=1S/C51H30N4OS/c1-3-14-31(15-4-1)49-52-50(32-16-5-2-6-17-32)54-51(53-49)33-26-27-44-41(28-33)47-40(39-22-13-21-38-37-20-9-12-25-46(37)57-48(38)39)29-34(30-45(47)56-44)55-42-23-10-7-18-35(42)36-19-8-11-24-43(36)55/h1-30H. The van der Waals surface area contributed by atoms with Crippen molar-refractivity contribution in [3.63, 3.8) is 0 Å². The summed E-state index contributed by atoms with van der Waals surface area (Å²) in [5, 5.41) is 7.03. The molecule has 0 unspecified atom stereocenters. The van der Waals surface area contributed by atoms with Gasteiger partial charge in [0.25, 0.3) is 0 Å². The molecular weight excluding hydrogens is 717 g/mol. The number of hydrogen-bond acceptors (Lipinski definition) is 5. The van der Waals surface area contributed by atoms with Crippen molar-refractivity contribution in [2.75, 3.05) is 0 Å². The number of rotatable bonds is 5. The average Bonchev–Trinajstić information content (AvgIpc) is 3.96. The fraction of sp³-hybridized carbons (Fsp3) is 0. The van der Waals surface area contributed by atoms with Gasteiger partial charge in [-0.3, -0.25) is 0 Å². The Balaban J connectivity index is 1.15. The zero-order valence-corrected chi connectivity index (χ0v) is 31.2. The van der Waals surface area contributed by atoms with Gasteiger partial charge in [0.2, 0.25) is 0 Å². The van der Waals surface area contributed by atoms with Gasteiger partial charge in [0, 0.05) is 70.0 Å². The lowest BCUT2D eigenvalue weighted by Crippen LogP contribution is -2.00. The van der Waals surface area contributed by atoms with Gasteiger partial charge < -0.3 is 8.98 Å². The minimum Gasteiger partial charge on any atom is -0.456 e. The number of aromatic nitrogens is 4. The lowest BCUT2D eigenvalue weighted by atomic mass is 9.96. The Morgan fingerprint density at radius 2 is 0.982 bits per heavy atom. The van der Waals surface area contributed by atoms with Crippen molar-refractivity contribution in [2.45, 2.75) is 0 Å². The van der Waals surface area contributed by atoms with E-state index >= 15 is 0 Å². The number of para-hydroxylation sites is 2. The molecule has 0 bridgehead atoms. The molecule has 0 aliphatic heterocycles. The second-order valence-electron chi connectivity index (χ2n) is 14.4. The predicted molar refractivity (Wildman–Crippen MR) is 236 cm³/mol. The van der Waals surface area contributed by atoms with E-state index in [1.807, 2.05) is 72.0 Å². The molecule has 0 radical (unpaired) electrons. The van der Waals surface area contributed by atoms with E-state index in [1.165, 1.54) is 36.5 Å². The summed E-state index contributed by atoms with van der Waals surface area (Å²) in [4.78, 5) is 15.1. The van der Waals surface area contributed by atoms with Gasteiger partial charge in [-0.2, -0.15) is 0 Å². The van der Waals surface area contributed by atoms with Crippen LogP contribution < -0.4 is 0 Å². The SMILES string of the molecule is c1ccc(-c2nc(-c3ccccc3)nc(-c3ccc4oc5cc(-n6c7ccccc7c7ccccc76)cc(-c6cccc7c6sc6ccccc67)c5c4c3)n2)cc1. The number of benzene rings is 8. The largest absolute Gasteiger partial charge is 0.456 e. The Hall–Kier alpha value is -7.41. The second-order valence-corrected chi connectivity index (χ2v) is 15.4. The monoisotopic (exact) mass is 746 g/mol. The number of thiophene rings is 1. The third-order valence-corrected chi connectivity index (χ3v) is 12.3. The molecule has 0 aliphatic carbocycles. The smallest absolute Gasteiger partial charge is 0.164 e. The van der Waals surface area contributed by atoms with Gasteiger partial charge in [-0.15, -0.1) is 11.3 Å². The molecular formula is C51H30N4OS. The molecule has 0 saturated carbocycles. The molecule has 12 aromatic rings. The quantitative estimate of drug-likeness (QED) is 0.176. The van der Waals surface area contributed by atoms with Crippen LogP contribution in [0.15, 0.2) is 186 Å². The highest BCUT2D eigenvalue weighted by atomic mass is 32.1. The van der Waals surface area contributed by atoms with Crippen molar-refractivity contribution in [3.05, 3.63) is 182 Å². The molecule has 57 heavy (non-hydrogen) atoms. The summed E-state index contributed by atoms with van der Waals surface area (Å²) in [5.74, 6) is 1.86. The summed E-state index contributed by atoms with van der Waals surface area (Å²) in [7, 11) is 0. The highest BCUT2D eigenvalue weighted by Crippen LogP contribution is 2.46. The lowest BCUT2D eigenvalue weighted by Gasteiger charge is -2.13. The Morgan fingerprint density at radius 3 is 1.67 bits per heavy atom. The van der Waals surface area contributed by atoms with Crippen LogP contribution in [0.1, 0.15) is 0 Å². The molecule has 4 aromatic heterocycles. The topological polar surface area (TPSA) is 56.7 Å². The van der Waals surface area contributed by atoms with E-state index in [9.17, 15) is 0 Å². The van der Waals surface area contributed by atoms with Crippen LogP contribution in [0.5, 0.6) is 0 Å². The van der Waals surface area contributed by atoms with E-state index in [4.69, 9.17) is 19.4 Å². The van der Waals surface area contributed by atoms with Gasteiger partial charge in [0.1, 0.15) is 11.2 Å². The predicted octanol–water partition coefficient (Wildman–Crippen LogP) is 13.9. The minimum atomic E-state index is 0.606. The third-order valence-electron chi connectivity index (χ3n) is 11.0. The summed E-state index contributed by atoms with van der Waals surface area (Å²) < 4.78 is 11.8. The van der Waals surface area contributed by atoms with Gasteiger partial charge in [-0.25, -0.2) is 15.0 Å². The molecule has 0 N–H and O–H groups in total. The Bertz CT molecular complexity index is 3420. The molecule has 0 aliphatic rings. The molecule has 266 valence electrons. The molecule has 0 spiro atoms. The first-order valence-electron chi connectivity index (χ1n) is 19.0. The highest BCUT2D eigenvalue weighted by molar-refractivity contribution is 7.26. The maximum atomic E-state index is 6.86. The zero-order valence-electron chi connectivity index (χ0n) is 30.4. The molecule has 12 rings (SSSR count). The molecule has 0 amide bonds. The van der Waals surface area contributed by atoms with Crippen LogP contribution in [0.4, 0.5) is 0 Å². The Kier molecular flexibility index (Phi) is 7.03. The van der Waals surface area contributed by atoms with E-state index in [1.54, 1.807) is 0 Å². The molecule has 8 aromatic carbocycles. The first kappa shape index (κ1) is 31.9. The number of hydrogen-bond donors (Lipinski definition) is 0. The first-order chi connectivity index (χ1) is 28.2. The lowest BCUT2D eigenvalue weighted by molar-refractivity contribution is 0.669. The van der Waals surface area contributed by atoms with Crippen molar-refractivity contribution >= 4 is 75.3 Å². The van der Waals surface area contributed by atoms with Crippen LogP contribution in [0.25, 0.3) is 115 Å². The summed E-state index contributed by atoms with van der Waals surface area (Å²) in [5.41, 5.74) is 10.0. The van der Waals surface area contributed by atoms with Gasteiger partial charge in [-0.05, 0) is 48.0 Å². The fourth-order valence-electron chi connectivity index (χ4n) is 8.47. The molecule has 5 nitrogen and oxygen atoms in total. The van der Waals surface area contributed by atoms with E-state index in [0.717, 1.165) is 60.9 Å². The normalized spacial score (nSPS) is 11.9. The summed E-state index contributed by atoms with van der Waals surface area (Å²) in [6, 6.07) is 63.7. The summed E-state index contributed by atoms with van der Waals surface area (Å²) in [6.07, 6.45) is 0. The molecule has 4 heterocycles. The van der Waals surface area contributed by atoms with Crippen LogP contribution in [0.2, 0.25) is 0 Å². The summed E-state index contributed by atoms with van der Waals surface area (Å²) in [6.45, 7) is 0. The van der Waals surface area contributed by atoms with Crippen molar-refractivity contribution in [2.24, 2.45) is 0 Å². The molecule has 0 atom stereocenters. The number of furan rings is 1. The first-order valence-corrected chi connectivity index (χ1v) is 19.8. The van der Waals surface area contributed by atoms with Crippen LogP contribution in [-0.4, -0.2) is 19.5 Å². The Labute approximate surface area is 330 Å². The van der Waals surface area contributed by atoms with E-state index in [2.05, 4.69) is 126 Å². The number of fused-ring (bicyclic) bond motifs is 9. The third kappa shape index (κ3) is 5.04. The minimum absolute atomic E-state index is 0.606. The van der Waals surface area contributed by atoms with Crippen LogP contribution in [0.3, 0.4) is 0 Å². The zero-order chi connectivity index (χ0) is 37.5. The van der Waals surface area contributed by atoms with Gasteiger partial charge >= 0.3 is 0 Å². The van der Waals surface area contributed by atoms with Gasteiger partial charge in [0.05, 0.1) is 16.7 Å². The van der Waals surface area contributed by atoms with Crippen molar-refractivity contribution in [1.82, 2.24) is 19.5 Å². The van der Waals surface area contributed by atoms with Crippen LogP contribution >= 0.6 is 11.3 Å². The highest BCUT2D eigenvalue weighted by Gasteiger charge is 2.22. The molecule has 0 fully saturated rings. The Morgan fingerprint density at radius 1 is 0.404 bits per heavy atom. The van der Waals surface area contributed by atoms with Crippen LogP contribution in [-0.2, 0) is 0 Å². The molecule has 0 saturated heterocycles. The van der Waals surface area contributed by atoms with E-state index < -0.39 is 0 Å². The van der Waals surface area contributed by atoms with Gasteiger partial charge in [0.15, 0.2) is 17.5 Å². The fourth-order valence-corrected chi connectivity index (χ4v) is 9.70.